The Morgan fingerprint density at radius 1 is 1.04 bits per heavy atom. The number of nitrogens with zero attached hydrogens (tertiary/aromatic N) is 3. The number of pyridine rings is 1. The zero-order valence-corrected chi connectivity index (χ0v) is 15.1. The van der Waals surface area contributed by atoms with Gasteiger partial charge in [0.25, 0.3) is 5.91 Å². The molecule has 1 amide bonds. The predicted octanol–water partition coefficient (Wildman–Crippen LogP) is 2.02. The summed E-state index contributed by atoms with van der Waals surface area (Å²) >= 11 is 5.73. The summed E-state index contributed by atoms with van der Waals surface area (Å²) in [6.45, 7) is 1.30. The van der Waals surface area contributed by atoms with Gasteiger partial charge < -0.3 is 4.90 Å². The van der Waals surface area contributed by atoms with Crippen LogP contribution in [0.25, 0.3) is 0 Å². The highest BCUT2D eigenvalue weighted by atomic mass is 35.5. The van der Waals surface area contributed by atoms with Crippen LogP contribution in [0.3, 0.4) is 0 Å². The third kappa shape index (κ3) is 4.36. The second kappa shape index (κ2) is 7.51. The van der Waals surface area contributed by atoms with E-state index in [4.69, 9.17) is 11.6 Å². The van der Waals surface area contributed by atoms with Gasteiger partial charge in [-0.25, -0.2) is 13.4 Å². The minimum atomic E-state index is -3.39. The van der Waals surface area contributed by atoms with Gasteiger partial charge in [-0.15, -0.1) is 0 Å². The molecule has 1 saturated heterocycles. The minimum absolute atomic E-state index is 0.0249. The molecule has 1 aromatic carbocycles. The highest BCUT2D eigenvalue weighted by Gasteiger charge is 2.29. The highest BCUT2D eigenvalue weighted by molar-refractivity contribution is 7.88. The number of benzene rings is 1. The summed E-state index contributed by atoms with van der Waals surface area (Å²) in [4.78, 5) is 18.0. The maximum Gasteiger partial charge on any atom is 0.255 e. The summed E-state index contributed by atoms with van der Waals surface area (Å²) in [5, 5.41) is 0.327. The Labute approximate surface area is 152 Å². The van der Waals surface area contributed by atoms with Crippen LogP contribution in [0.4, 0.5) is 0 Å². The van der Waals surface area contributed by atoms with Gasteiger partial charge in [-0.2, -0.15) is 4.31 Å². The number of hydrogen-bond acceptors (Lipinski definition) is 4. The molecule has 0 unspecified atom stereocenters. The Balaban J connectivity index is 1.61. The number of halogens is 1. The molecule has 2 aromatic rings. The number of piperazine rings is 1. The van der Waals surface area contributed by atoms with Crippen molar-refractivity contribution in [3.63, 3.8) is 0 Å². The first-order chi connectivity index (χ1) is 12.0. The summed E-state index contributed by atoms with van der Waals surface area (Å²) in [5.41, 5.74) is 1.21. The first kappa shape index (κ1) is 17.8. The molecule has 1 aliphatic rings. The lowest BCUT2D eigenvalue weighted by atomic mass is 10.2. The number of rotatable bonds is 4. The van der Waals surface area contributed by atoms with Crippen molar-refractivity contribution in [1.29, 1.82) is 0 Å². The molecule has 6 nitrogen and oxygen atoms in total. The Hall–Kier alpha value is -1.96. The Bertz CT molecular complexity index is 833. The van der Waals surface area contributed by atoms with Gasteiger partial charge >= 0.3 is 0 Å². The molecule has 0 atom stereocenters. The average molecular weight is 380 g/mol. The van der Waals surface area contributed by atoms with E-state index in [1.165, 1.54) is 10.5 Å². The van der Waals surface area contributed by atoms with Crippen molar-refractivity contribution in [2.75, 3.05) is 26.2 Å². The van der Waals surface area contributed by atoms with Crippen LogP contribution in [0.5, 0.6) is 0 Å². The van der Waals surface area contributed by atoms with Gasteiger partial charge in [0.15, 0.2) is 0 Å². The SMILES string of the molecule is O=C(c1ccc(Cl)nc1)N1CCN(S(=O)(=O)Cc2ccccc2)CC1. The lowest BCUT2D eigenvalue weighted by Gasteiger charge is -2.34. The second-order valence-corrected chi connectivity index (χ2v) is 8.16. The topological polar surface area (TPSA) is 70.6 Å². The van der Waals surface area contributed by atoms with E-state index in [0.29, 0.717) is 36.9 Å². The van der Waals surface area contributed by atoms with Crippen molar-refractivity contribution in [1.82, 2.24) is 14.2 Å². The van der Waals surface area contributed by atoms with E-state index in [1.54, 1.807) is 29.2 Å². The fraction of sp³-hybridized carbons (Fsp3) is 0.294. The van der Waals surface area contributed by atoms with Crippen molar-refractivity contribution < 1.29 is 13.2 Å². The number of aromatic nitrogens is 1. The first-order valence-electron chi connectivity index (χ1n) is 7.88. The monoisotopic (exact) mass is 379 g/mol. The van der Waals surface area contributed by atoms with Crippen LogP contribution in [-0.4, -0.2) is 54.7 Å². The molecule has 0 saturated carbocycles. The van der Waals surface area contributed by atoms with E-state index < -0.39 is 10.0 Å². The van der Waals surface area contributed by atoms with Crippen LogP contribution in [-0.2, 0) is 15.8 Å². The summed E-state index contributed by atoms with van der Waals surface area (Å²) in [6.07, 6.45) is 1.43. The van der Waals surface area contributed by atoms with Gasteiger partial charge in [-0.1, -0.05) is 41.9 Å². The molecule has 8 heteroatoms. The van der Waals surface area contributed by atoms with E-state index in [0.717, 1.165) is 5.56 Å². The van der Waals surface area contributed by atoms with Crippen molar-refractivity contribution in [2.24, 2.45) is 0 Å². The lowest BCUT2D eigenvalue weighted by Crippen LogP contribution is -2.50. The molecule has 0 spiro atoms. The third-order valence-electron chi connectivity index (χ3n) is 4.09. The molecule has 0 bridgehead atoms. The maximum absolute atomic E-state index is 12.5. The van der Waals surface area contributed by atoms with Gasteiger partial charge in [0.1, 0.15) is 5.15 Å². The number of amides is 1. The molecular weight excluding hydrogens is 362 g/mol. The van der Waals surface area contributed by atoms with Crippen LogP contribution in [0.2, 0.25) is 5.15 Å². The number of hydrogen-bond donors (Lipinski definition) is 0. The molecule has 1 aliphatic heterocycles. The first-order valence-corrected chi connectivity index (χ1v) is 9.87. The molecule has 0 N–H and O–H groups in total. The van der Waals surface area contributed by atoms with Crippen molar-refractivity contribution in [2.45, 2.75) is 5.75 Å². The molecule has 1 aromatic heterocycles. The fourth-order valence-corrected chi connectivity index (χ4v) is 4.36. The average Bonchev–Trinajstić information content (AvgIpc) is 2.62. The minimum Gasteiger partial charge on any atom is -0.336 e. The molecule has 0 aliphatic carbocycles. The van der Waals surface area contributed by atoms with Crippen LogP contribution in [0.15, 0.2) is 48.7 Å². The summed E-state index contributed by atoms with van der Waals surface area (Å²) < 4.78 is 26.5. The van der Waals surface area contributed by atoms with Crippen LogP contribution in [0.1, 0.15) is 15.9 Å². The summed E-state index contributed by atoms with van der Waals surface area (Å²) in [7, 11) is -3.39. The quantitative estimate of drug-likeness (QED) is 0.762. The van der Waals surface area contributed by atoms with Crippen molar-refractivity contribution in [3.05, 3.63) is 64.9 Å². The third-order valence-corrected chi connectivity index (χ3v) is 6.16. The molecule has 0 radical (unpaired) electrons. The van der Waals surface area contributed by atoms with Gasteiger partial charge in [0.2, 0.25) is 10.0 Å². The molecule has 1 fully saturated rings. The zero-order valence-electron chi connectivity index (χ0n) is 13.5. The summed E-state index contributed by atoms with van der Waals surface area (Å²) in [6, 6.07) is 12.3. The van der Waals surface area contributed by atoms with E-state index >= 15 is 0 Å². The van der Waals surface area contributed by atoms with Gasteiger partial charge in [-0.3, -0.25) is 4.79 Å². The normalized spacial score (nSPS) is 16.0. The van der Waals surface area contributed by atoms with E-state index in [9.17, 15) is 13.2 Å². The lowest BCUT2D eigenvalue weighted by molar-refractivity contribution is 0.0697. The van der Waals surface area contributed by atoms with Crippen molar-refractivity contribution in [3.8, 4) is 0 Å². The van der Waals surface area contributed by atoms with Gasteiger partial charge in [0, 0.05) is 32.4 Å². The largest absolute Gasteiger partial charge is 0.336 e. The van der Waals surface area contributed by atoms with E-state index in [1.807, 2.05) is 18.2 Å². The number of carbonyl (C=O) groups excluding carboxylic acids is 1. The predicted molar refractivity (Wildman–Crippen MR) is 95.8 cm³/mol. The molecule has 2 heterocycles. The van der Waals surface area contributed by atoms with Crippen LogP contribution >= 0.6 is 11.6 Å². The van der Waals surface area contributed by atoms with Crippen LogP contribution < -0.4 is 0 Å². The maximum atomic E-state index is 12.5. The molecule has 25 heavy (non-hydrogen) atoms. The second-order valence-electron chi connectivity index (χ2n) is 5.80. The van der Waals surface area contributed by atoms with E-state index in [2.05, 4.69) is 4.98 Å². The number of carbonyl (C=O) groups is 1. The number of sulfonamides is 1. The molecule has 132 valence electrons. The molecule has 3 rings (SSSR count). The van der Waals surface area contributed by atoms with Gasteiger partial charge in [-0.05, 0) is 17.7 Å². The highest BCUT2D eigenvalue weighted by Crippen LogP contribution is 2.15. The fourth-order valence-electron chi connectivity index (χ4n) is 2.73. The summed E-state index contributed by atoms with van der Waals surface area (Å²) in [5.74, 6) is -0.188. The van der Waals surface area contributed by atoms with E-state index in [-0.39, 0.29) is 11.7 Å². The molecular formula is C17H18ClN3O3S. The Morgan fingerprint density at radius 2 is 1.72 bits per heavy atom. The van der Waals surface area contributed by atoms with Gasteiger partial charge in [0.05, 0.1) is 11.3 Å². The zero-order chi connectivity index (χ0) is 17.9. The Morgan fingerprint density at radius 3 is 2.32 bits per heavy atom. The standard InChI is InChI=1S/C17H18ClN3O3S/c18-16-7-6-15(12-19-16)17(22)20-8-10-21(11-9-20)25(23,24)13-14-4-2-1-3-5-14/h1-7,12H,8-11,13H2. The smallest absolute Gasteiger partial charge is 0.255 e. The van der Waals surface area contributed by atoms with Crippen LogP contribution in [0, 0.1) is 0 Å². The Kier molecular flexibility index (Phi) is 5.36. The van der Waals surface area contributed by atoms with Crippen molar-refractivity contribution >= 4 is 27.5 Å².